The quantitative estimate of drug-likeness (QED) is 0.597. The van der Waals surface area contributed by atoms with Gasteiger partial charge in [0.25, 0.3) is 0 Å². The van der Waals surface area contributed by atoms with Crippen LogP contribution in [0, 0.1) is 16.7 Å². The first-order valence-electron chi connectivity index (χ1n) is 6.81. The molecule has 4 atom stereocenters. The molecule has 0 aromatic rings. The number of rotatable bonds is 3. The van der Waals surface area contributed by atoms with Crippen molar-refractivity contribution in [1.29, 1.82) is 0 Å². The molecule has 0 heterocycles. The van der Waals surface area contributed by atoms with Crippen LogP contribution in [-0.2, 0) is 4.79 Å². The van der Waals surface area contributed by atoms with E-state index < -0.39 is 0 Å². The third kappa shape index (κ3) is 1.94. The van der Waals surface area contributed by atoms with Crippen LogP contribution >= 0.6 is 0 Å². The Hall–Kier alpha value is -0.670. The minimum atomic E-state index is -0.359. The fourth-order valence-corrected chi connectivity index (χ4v) is 3.95. The van der Waals surface area contributed by atoms with E-state index in [-0.39, 0.29) is 29.5 Å². The van der Waals surface area contributed by atoms with Gasteiger partial charge in [0.15, 0.2) is 0 Å². The predicted octanol–water partition coefficient (Wildman–Crippen LogP) is 2.07. The molecule has 0 radical (unpaired) electrons. The molecule has 0 aromatic carbocycles. The van der Waals surface area contributed by atoms with Crippen LogP contribution < -0.4 is 0 Å². The molecule has 2 aliphatic rings. The molecule has 0 aliphatic heterocycles. The van der Waals surface area contributed by atoms with Gasteiger partial charge in [0.05, 0.1) is 6.10 Å². The number of allylic oxidation sites excluding steroid dienone is 2. The van der Waals surface area contributed by atoms with Crippen LogP contribution in [0.2, 0.25) is 0 Å². The van der Waals surface area contributed by atoms with Gasteiger partial charge in [-0.05, 0) is 54.9 Å². The summed E-state index contributed by atoms with van der Waals surface area (Å²) < 4.78 is 0. The van der Waals surface area contributed by atoms with Gasteiger partial charge in [-0.1, -0.05) is 19.4 Å². The number of aldehydes is 1. The third-order valence-electron chi connectivity index (χ3n) is 5.32. The summed E-state index contributed by atoms with van der Waals surface area (Å²) >= 11 is 0. The maximum Gasteiger partial charge on any atom is 0.145 e. The van der Waals surface area contributed by atoms with Gasteiger partial charge in [-0.15, -0.1) is 0 Å². The summed E-state index contributed by atoms with van der Waals surface area (Å²) in [5, 5.41) is 19.8. The summed E-state index contributed by atoms with van der Waals surface area (Å²) in [4.78, 5) is 10.9. The smallest absolute Gasteiger partial charge is 0.145 e. The molecule has 2 saturated carbocycles. The molecule has 3 nitrogen and oxygen atoms in total. The fraction of sp³-hybridized carbons (Fsp3) is 0.800. The lowest BCUT2D eigenvalue weighted by Crippen LogP contribution is -2.41. The Balaban J connectivity index is 2.25. The van der Waals surface area contributed by atoms with Crippen molar-refractivity contribution in [3.63, 3.8) is 0 Å². The van der Waals surface area contributed by atoms with Crippen molar-refractivity contribution in [2.24, 2.45) is 16.7 Å². The van der Waals surface area contributed by atoms with Gasteiger partial charge >= 0.3 is 0 Å². The molecule has 2 fully saturated rings. The molecular weight excluding hydrogens is 228 g/mol. The normalized spacial score (nSPS) is 46.7. The standard InChI is InChI=1S/C15H24O3/c1-10(8-16)11-4-5-15(11,3)12-6-14(2,9-17)7-13(12)18/h8,12-13,17-18H,4-7,9H2,1-3H3/b11-10+. The third-order valence-corrected chi connectivity index (χ3v) is 5.32. The lowest BCUT2D eigenvalue weighted by atomic mass is 9.56. The Labute approximate surface area is 109 Å². The van der Waals surface area contributed by atoms with Crippen molar-refractivity contribution in [1.82, 2.24) is 0 Å². The van der Waals surface area contributed by atoms with Crippen molar-refractivity contribution >= 4 is 6.29 Å². The highest BCUT2D eigenvalue weighted by molar-refractivity contribution is 5.74. The molecule has 0 bridgehead atoms. The largest absolute Gasteiger partial charge is 0.396 e. The maximum atomic E-state index is 10.9. The second kappa shape index (κ2) is 4.46. The summed E-state index contributed by atoms with van der Waals surface area (Å²) in [6.45, 7) is 6.19. The Bertz CT molecular complexity index is 387. The van der Waals surface area contributed by atoms with Crippen LogP contribution in [0.5, 0.6) is 0 Å². The summed E-state index contributed by atoms with van der Waals surface area (Å²) in [5.41, 5.74) is 1.83. The van der Waals surface area contributed by atoms with Gasteiger partial charge in [0.2, 0.25) is 0 Å². The van der Waals surface area contributed by atoms with E-state index in [1.54, 1.807) is 0 Å². The van der Waals surface area contributed by atoms with Crippen molar-refractivity contribution in [2.45, 2.75) is 52.6 Å². The maximum absolute atomic E-state index is 10.9. The molecule has 0 amide bonds. The van der Waals surface area contributed by atoms with Crippen molar-refractivity contribution in [3.05, 3.63) is 11.1 Å². The monoisotopic (exact) mass is 252 g/mol. The van der Waals surface area contributed by atoms with Gasteiger partial charge in [0.1, 0.15) is 6.29 Å². The molecule has 2 aliphatic carbocycles. The van der Waals surface area contributed by atoms with Crippen LogP contribution in [0.1, 0.15) is 46.5 Å². The van der Waals surface area contributed by atoms with E-state index in [4.69, 9.17) is 0 Å². The summed E-state index contributed by atoms with van der Waals surface area (Å²) in [7, 11) is 0. The predicted molar refractivity (Wildman–Crippen MR) is 70.0 cm³/mol. The first-order chi connectivity index (χ1) is 8.36. The van der Waals surface area contributed by atoms with E-state index >= 15 is 0 Å². The van der Waals surface area contributed by atoms with Gasteiger partial charge in [-0.3, -0.25) is 4.79 Å². The minimum Gasteiger partial charge on any atom is -0.396 e. The topological polar surface area (TPSA) is 57.5 Å². The zero-order valence-electron chi connectivity index (χ0n) is 11.6. The fourth-order valence-electron chi connectivity index (χ4n) is 3.95. The highest BCUT2D eigenvalue weighted by atomic mass is 16.3. The molecule has 0 spiro atoms. The van der Waals surface area contributed by atoms with Crippen molar-refractivity contribution in [2.75, 3.05) is 6.61 Å². The second-order valence-corrected chi connectivity index (χ2v) is 6.75. The van der Waals surface area contributed by atoms with Crippen molar-refractivity contribution < 1.29 is 15.0 Å². The van der Waals surface area contributed by atoms with Gasteiger partial charge < -0.3 is 10.2 Å². The van der Waals surface area contributed by atoms with Gasteiger partial charge in [0, 0.05) is 6.61 Å². The average molecular weight is 252 g/mol. The SMILES string of the molecule is C/C(C=O)=C1/CCC1(C)C1CC(C)(CO)CC1O. The Morgan fingerprint density at radius 2 is 2.11 bits per heavy atom. The summed E-state index contributed by atoms with van der Waals surface area (Å²) in [5.74, 6) is 0.174. The lowest BCUT2D eigenvalue weighted by Gasteiger charge is -2.48. The average Bonchev–Trinajstić information content (AvgIpc) is 2.63. The lowest BCUT2D eigenvalue weighted by molar-refractivity contribution is -0.105. The highest BCUT2D eigenvalue weighted by Crippen LogP contribution is 2.59. The van der Waals surface area contributed by atoms with Crippen LogP contribution in [-0.4, -0.2) is 29.2 Å². The summed E-state index contributed by atoms with van der Waals surface area (Å²) in [6, 6.07) is 0. The first-order valence-corrected chi connectivity index (χ1v) is 6.81. The van der Waals surface area contributed by atoms with E-state index in [2.05, 4.69) is 6.92 Å². The second-order valence-electron chi connectivity index (χ2n) is 6.75. The molecule has 2 rings (SSSR count). The molecule has 3 heteroatoms. The molecule has 4 unspecified atom stereocenters. The van der Waals surface area contributed by atoms with E-state index in [0.29, 0.717) is 6.42 Å². The van der Waals surface area contributed by atoms with Gasteiger partial charge in [-0.2, -0.15) is 0 Å². The van der Waals surface area contributed by atoms with Crippen molar-refractivity contribution in [3.8, 4) is 0 Å². The number of aliphatic hydroxyl groups excluding tert-OH is 2. The first kappa shape index (κ1) is 13.8. The number of hydrogen-bond donors (Lipinski definition) is 2. The number of carbonyl (C=O) groups is 1. The molecule has 0 aromatic heterocycles. The van der Waals surface area contributed by atoms with E-state index in [1.807, 2.05) is 13.8 Å². The minimum absolute atomic E-state index is 0.0443. The Kier molecular flexibility index (Phi) is 3.41. The highest BCUT2D eigenvalue weighted by Gasteiger charge is 2.53. The van der Waals surface area contributed by atoms with E-state index in [9.17, 15) is 15.0 Å². The molecule has 2 N–H and O–H groups in total. The Morgan fingerprint density at radius 1 is 1.44 bits per heavy atom. The Morgan fingerprint density at radius 3 is 2.50 bits per heavy atom. The van der Waals surface area contributed by atoms with Crippen LogP contribution in [0.4, 0.5) is 0 Å². The van der Waals surface area contributed by atoms with E-state index in [0.717, 1.165) is 31.1 Å². The van der Waals surface area contributed by atoms with Crippen LogP contribution in [0.15, 0.2) is 11.1 Å². The van der Waals surface area contributed by atoms with E-state index in [1.165, 1.54) is 5.57 Å². The summed E-state index contributed by atoms with van der Waals surface area (Å²) in [6.07, 6.45) is 4.09. The molecular formula is C15H24O3. The van der Waals surface area contributed by atoms with Crippen LogP contribution in [0.3, 0.4) is 0 Å². The molecule has 18 heavy (non-hydrogen) atoms. The number of hydrogen-bond acceptors (Lipinski definition) is 3. The molecule has 102 valence electrons. The van der Waals surface area contributed by atoms with Crippen LogP contribution in [0.25, 0.3) is 0 Å². The molecule has 0 saturated heterocycles. The number of aliphatic hydroxyl groups is 2. The zero-order chi connectivity index (χ0) is 13.6. The van der Waals surface area contributed by atoms with Gasteiger partial charge in [-0.25, -0.2) is 0 Å². The zero-order valence-corrected chi connectivity index (χ0v) is 11.6. The number of carbonyl (C=O) groups excluding carboxylic acids is 1.